The normalized spacial score (nSPS) is 17.3. The molecule has 0 saturated carbocycles. The quantitative estimate of drug-likeness (QED) is 0.559. The molecule has 1 unspecified atom stereocenters. The Morgan fingerprint density at radius 3 is 2.63 bits per heavy atom. The summed E-state index contributed by atoms with van der Waals surface area (Å²) >= 11 is 14.1. The largest absolute Gasteiger partial charge is 0.279 e. The Morgan fingerprint density at radius 1 is 1.26 bits per heavy atom. The topological polar surface area (TPSA) is 47.8 Å². The molecule has 142 valence electrons. The second-order valence-electron chi connectivity index (χ2n) is 8.24. The Kier molecular flexibility index (Phi) is 4.81. The van der Waals surface area contributed by atoms with Crippen molar-refractivity contribution in [3.8, 4) is 0 Å². The van der Waals surface area contributed by atoms with Gasteiger partial charge in [0, 0.05) is 20.5 Å². The summed E-state index contributed by atoms with van der Waals surface area (Å²) in [6, 6.07) is 5.31. The van der Waals surface area contributed by atoms with E-state index in [1.54, 1.807) is 29.5 Å². The van der Waals surface area contributed by atoms with E-state index < -0.39 is 0 Å². The summed E-state index contributed by atoms with van der Waals surface area (Å²) in [5.41, 5.74) is 2.01. The van der Waals surface area contributed by atoms with Gasteiger partial charge in [0.2, 0.25) is 0 Å². The minimum atomic E-state index is -0.109. The molecule has 2 heterocycles. The highest BCUT2D eigenvalue weighted by molar-refractivity contribution is 7.18. The summed E-state index contributed by atoms with van der Waals surface area (Å²) < 4.78 is 1.37. The lowest BCUT2D eigenvalue weighted by molar-refractivity contribution is 0.218. The van der Waals surface area contributed by atoms with Crippen molar-refractivity contribution in [2.75, 3.05) is 0 Å². The summed E-state index contributed by atoms with van der Waals surface area (Å²) in [6.45, 7) is 7.08. The van der Waals surface area contributed by atoms with E-state index >= 15 is 0 Å². The Balaban J connectivity index is 1.77. The van der Waals surface area contributed by atoms with Gasteiger partial charge in [0.1, 0.15) is 0 Å². The van der Waals surface area contributed by atoms with Crippen molar-refractivity contribution in [3.63, 3.8) is 0 Å². The number of hydrogen-bond donors (Lipinski definition) is 0. The molecule has 1 atom stereocenters. The van der Waals surface area contributed by atoms with Gasteiger partial charge in [-0.3, -0.25) is 4.79 Å². The predicted molar refractivity (Wildman–Crippen MR) is 112 cm³/mol. The lowest BCUT2D eigenvalue weighted by Crippen LogP contribution is -2.28. The first-order valence-electron chi connectivity index (χ1n) is 9.06. The van der Waals surface area contributed by atoms with Crippen molar-refractivity contribution >= 4 is 44.8 Å². The molecule has 2 aromatic heterocycles. The molecule has 0 N–H and O–H groups in total. The summed E-state index contributed by atoms with van der Waals surface area (Å²) in [4.78, 5) is 15.2. The van der Waals surface area contributed by atoms with Crippen LogP contribution in [0.4, 0.5) is 0 Å². The van der Waals surface area contributed by atoms with Crippen LogP contribution in [0.3, 0.4) is 0 Å². The zero-order chi connectivity index (χ0) is 19.3. The van der Waals surface area contributed by atoms with Crippen molar-refractivity contribution in [1.82, 2.24) is 15.0 Å². The van der Waals surface area contributed by atoms with Crippen LogP contribution in [-0.2, 0) is 19.4 Å². The van der Waals surface area contributed by atoms with Gasteiger partial charge in [0.15, 0.2) is 4.83 Å². The summed E-state index contributed by atoms with van der Waals surface area (Å²) in [6.07, 6.45) is 3.03. The van der Waals surface area contributed by atoms with Gasteiger partial charge >= 0.3 is 0 Å². The summed E-state index contributed by atoms with van der Waals surface area (Å²) in [7, 11) is 0. The van der Waals surface area contributed by atoms with Crippen LogP contribution in [-0.4, -0.2) is 15.0 Å². The van der Waals surface area contributed by atoms with Crippen LogP contribution in [0, 0.1) is 11.3 Å². The molecule has 0 spiro atoms. The molecule has 1 aliphatic carbocycles. The number of nitrogens with zero attached hydrogens (tertiary/aromatic N) is 3. The number of halogens is 2. The van der Waals surface area contributed by atoms with Gasteiger partial charge in [-0.1, -0.05) is 55.3 Å². The molecule has 0 fully saturated rings. The van der Waals surface area contributed by atoms with Crippen LogP contribution in [0.5, 0.6) is 0 Å². The molecule has 7 heteroatoms. The highest BCUT2D eigenvalue weighted by Gasteiger charge is 2.32. The molecule has 4 nitrogen and oxygen atoms in total. The maximum atomic E-state index is 13.1. The number of rotatable bonds is 2. The first-order valence-corrected chi connectivity index (χ1v) is 10.6. The second-order valence-corrected chi connectivity index (χ2v) is 10.1. The van der Waals surface area contributed by atoms with Gasteiger partial charge in [0.25, 0.3) is 5.56 Å². The highest BCUT2D eigenvalue weighted by atomic mass is 35.5. The van der Waals surface area contributed by atoms with Gasteiger partial charge in [0.05, 0.1) is 11.9 Å². The molecule has 0 amide bonds. The van der Waals surface area contributed by atoms with Crippen LogP contribution in [0.2, 0.25) is 10.0 Å². The van der Waals surface area contributed by atoms with Crippen LogP contribution in [0.25, 0.3) is 10.2 Å². The van der Waals surface area contributed by atoms with E-state index in [2.05, 4.69) is 31.1 Å². The number of aromatic nitrogens is 3. The Bertz CT molecular complexity index is 1060. The van der Waals surface area contributed by atoms with E-state index in [0.717, 1.165) is 35.0 Å². The minimum Gasteiger partial charge on any atom is -0.267 e. The first-order chi connectivity index (χ1) is 12.8. The molecule has 0 radical (unpaired) electrons. The van der Waals surface area contributed by atoms with Gasteiger partial charge < -0.3 is 0 Å². The summed E-state index contributed by atoms with van der Waals surface area (Å²) in [5, 5.41) is 10.2. The molecule has 1 aromatic carbocycles. The monoisotopic (exact) mass is 421 g/mol. The number of fused-ring (bicyclic) bond motifs is 3. The highest BCUT2D eigenvalue weighted by Crippen LogP contribution is 2.41. The lowest BCUT2D eigenvalue weighted by Gasteiger charge is -2.33. The molecule has 0 saturated heterocycles. The van der Waals surface area contributed by atoms with Crippen molar-refractivity contribution in [2.45, 2.75) is 46.6 Å². The molecule has 3 aromatic rings. The average molecular weight is 422 g/mol. The molecule has 0 aliphatic heterocycles. The standard InChI is InChI=1S/C20H21Cl2N3OS/c1-20(2,3)11-7-8-12-16(9-11)27-18-17(12)19(26)25(24-23-18)10-13-14(21)5-4-6-15(13)22/h4-6,11H,7-10H2,1-3H3. The fourth-order valence-electron chi connectivity index (χ4n) is 3.80. The van der Waals surface area contributed by atoms with Gasteiger partial charge in [-0.25, -0.2) is 4.68 Å². The zero-order valence-corrected chi connectivity index (χ0v) is 17.9. The van der Waals surface area contributed by atoms with E-state index in [4.69, 9.17) is 23.2 Å². The van der Waals surface area contributed by atoms with Gasteiger partial charge in [-0.15, -0.1) is 16.4 Å². The minimum absolute atomic E-state index is 0.109. The lowest BCUT2D eigenvalue weighted by atomic mass is 9.72. The maximum absolute atomic E-state index is 13.1. The zero-order valence-electron chi connectivity index (χ0n) is 15.6. The van der Waals surface area contributed by atoms with E-state index in [9.17, 15) is 4.79 Å². The van der Waals surface area contributed by atoms with Crippen molar-refractivity contribution in [1.29, 1.82) is 0 Å². The molecule has 1 aliphatic rings. The number of benzene rings is 1. The van der Waals surface area contributed by atoms with Crippen LogP contribution in [0.1, 0.15) is 43.2 Å². The smallest absolute Gasteiger partial charge is 0.267 e. The van der Waals surface area contributed by atoms with E-state index in [-0.39, 0.29) is 17.5 Å². The predicted octanol–water partition coefficient (Wildman–Crippen LogP) is 5.36. The molecule has 0 bridgehead atoms. The third-order valence-electron chi connectivity index (χ3n) is 5.53. The Labute approximate surface area is 172 Å². The number of aryl methyl sites for hydroxylation is 1. The van der Waals surface area contributed by atoms with Crippen LogP contribution < -0.4 is 5.56 Å². The van der Waals surface area contributed by atoms with Crippen molar-refractivity contribution < 1.29 is 0 Å². The molecule has 27 heavy (non-hydrogen) atoms. The Hall–Kier alpha value is -1.43. The summed E-state index contributed by atoms with van der Waals surface area (Å²) in [5.74, 6) is 0.621. The third-order valence-corrected chi connectivity index (χ3v) is 7.38. The second kappa shape index (κ2) is 6.87. The van der Waals surface area contributed by atoms with Crippen LogP contribution in [0.15, 0.2) is 23.0 Å². The van der Waals surface area contributed by atoms with Gasteiger partial charge in [-0.2, -0.15) is 0 Å². The fourth-order valence-corrected chi connectivity index (χ4v) is 5.55. The van der Waals surface area contributed by atoms with Crippen molar-refractivity contribution in [3.05, 3.63) is 54.6 Å². The third kappa shape index (κ3) is 3.41. The van der Waals surface area contributed by atoms with E-state index in [0.29, 0.717) is 21.5 Å². The number of thiophene rings is 1. The molecule has 4 rings (SSSR count). The Morgan fingerprint density at radius 2 is 1.96 bits per heavy atom. The molecular formula is C20H21Cl2N3OS. The molecular weight excluding hydrogens is 401 g/mol. The van der Waals surface area contributed by atoms with E-state index in [1.165, 1.54) is 9.56 Å². The fraction of sp³-hybridized carbons (Fsp3) is 0.450. The van der Waals surface area contributed by atoms with E-state index in [1.807, 2.05) is 0 Å². The average Bonchev–Trinajstić information content (AvgIpc) is 2.97. The number of hydrogen-bond acceptors (Lipinski definition) is 4. The SMILES string of the molecule is CC(C)(C)C1CCc2c(sc3nnn(Cc4c(Cl)cccc4Cl)c(=O)c23)C1. The van der Waals surface area contributed by atoms with Crippen LogP contribution >= 0.6 is 34.5 Å². The van der Waals surface area contributed by atoms with Gasteiger partial charge in [-0.05, 0) is 48.3 Å². The van der Waals surface area contributed by atoms with Crippen molar-refractivity contribution in [2.24, 2.45) is 11.3 Å². The first kappa shape index (κ1) is 18.9. The maximum Gasteiger partial charge on any atom is 0.279 e.